The molecule has 0 amide bonds. The van der Waals surface area contributed by atoms with Gasteiger partial charge in [0.25, 0.3) is 0 Å². The Kier molecular flexibility index (Phi) is 4.97. The number of rotatable bonds is 6. The van der Waals surface area contributed by atoms with Crippen molar-refractivity contribution in [3.05, 3.63) is 35.9 Å². The molecular formula is C14H23NO. The summed E-state index contributed by atoms with van der Waals surface area (Å²) < 4.78 is 0. The maximum atomic E-state index is 10.1. The third kappa shape index (κ3) is 5.29. The largest absolute Gasteiger partial charge is 0.389 e. The van der Waals surface area contributed by atoms with Gasteiger partial charge in [0.2, 0.25) is 0 Å². The van der Waals surface area contributed by atoms with Gasteiger partial charge < -0.3 is 10.4 Å². The summed E-state index contributed by atoms with van der Waals surface area (Å²) in [6.45, 7) is 7.61. The second kappa shape index (κ2) is 6.02. The highest BCUT2D eigenvalue weighted by atomic mass is 16.3. The van der Waals surface area contributed by atoms with Crippen molar-refractivity contribution in [1.29, 1.82) is 0 Å². The quantitative estimate of drug-likeness (QED) is 0.774. The van der Waals surface area contributed by atoms with Crippen LogP contribution >= 0.6 is 0 Å². The second-order valence-corrected chi connectivity index (χ2v) is 5.18. The number of hydrogen-bond donors (Lipinski definition) is 2. The molecule has 1 unspecified atom stereocenters. The van der Waals surface area contributed by atoms with Crippen molar-refractivity contribution in [3.8, 4) is 0 Å². The Bertz CT molecular complexity index is 293. The van der Waals surface area contributed by atoms with Gasteiger partial charge in [-0.05, 0) is 24.8 Å². The minimum absolute atomic E-state index is 0.522. The lowest BCUT2D eigenvalue weighted by Gasteiger charge is -2.25. The third-order valence-corrected chi connectivity index (χ3v) is 2.53. The zero-order valence-corrected chi connectivity index (χ0v) is 10.5. The van der Waals surface area contributed by atoms with Crippen LogP contribution in [0.25, 0.3) is 0 Å². The van der Waals surface area contributed by atoms with E-state index in [1.807, 2.05) is 25.1 Å². The highest BCUT2D eigenvalue weighted by Gasteiger charge is 2.20. The first-order valence-electron chi connectivity index (χ1n) is 5.97. The van der Waals surface area contributed by atoms with Crippen molar-refractivity contribution in [2.24, 2.45) is 5.92 Å². The van der Waals surface area contributed by atoms with Crippen molar-refractivity contribution in [2.45, 2.75) is 39.3 Å². The van der Waals surface area contributed by atoms with E-state index < -0.39 is 5.60 Å². The molecule has 0 bridgehead atoms. The molecule has 1 rings (SSSR count). The summed E-state index contributed by atoms with van der Waals surface area (Å²) in [5.74, 6) is 0.522. The highest BCUT2D eigenvalue weighted by Crippen LogP contribution is 2.15. The molecule has 2 nitrogen and oxygen atoms in total. The van der Waals surface area contributed by atoms with Crippen molar-refractivity contribution >= 4 is 0 Å². The Morgan fingerprint density at radius 3 is 2.44 bits per heavy atom. The van der Waals surface area contributed by atoms with Crippen molar-refractivity contribution < 1.29 is 5.11 Å². The third-order valence-electron chi connectivity index (χ3n) is 2.53. The summed E-state index contributed by atoms with van der Waals surface area (Å²) in [6, 6.07) is 10.2. The van der Waals surface area contributed by atoms with Crippen LogP contribution in [0.3, 0.4) is 0 Å². The molecule has 1 atom stereocenters. The Morgan fingerprint density at radius 1 is 1.25 bits per heavy atom. The molecule has 2 N–H and O–H groups in total. The molecule has 0 aromatic heterocycles. The number of hydrogen-bond acceptors (Lipinski definition) is 2. The van der Waals surface area contributed by atoms with Crippen LogP contribution in [-0.2, 0) is 6.54 Å². The van der Waals surface area contributed by atoms with Gasteiger partial charge in [0.15, 0.2) is 0 Å². The molecule has 0 saturated heterocycles. The standard InChI is InChI=1S/C14H23NO/c1-12(2)9-14(3,16)11-15-10-13-7-5-4-6-8-13/h4-8,12,15-16H,9-11H2,1-3H3. The maximum Gasteiger partial charge on any atom is 0.0746 e. The van der Waals surface area contributed by atoms with Crippen LogP contribution in [0.1, 0.15) is 32.8 Å². The summed E-state index contributed by atoms with van der Waals surface area (Å²) >= 11 is 0. The van der Waals surface area contributed by atoms with Gasteiger partial charge in [0.1, 0.15) is 0 Å². The van der Waals surface area contributed by atoms with Gasteiger partial charge in [-0.2, -0.15) is 0 Å². The summed E-state index contributed by atoms with van der Waals surface area (Å²) in [7, 11) is 0. The van der Waals surface area contributed by atoms with Gasteiger partial charge in [-0.25, -0.2) is 0 Å². The molecule has 1 aromatic carbocycles. The van der Waals surface area contributed by atoms with Crippen LogP contribution in [0.5, 0.6) is 0 Å². The zero-order chi connectivity index (χ0) is 12.0. The Labute approximate surface area is 98.7 Å². The number of benzene rings is 1. The summed E-state index contributed by atoms with van der Waals surface area (Å²) in [4.78, 5) is 0. The van der Waals surface area contributed by atoms with E-state index in [4.69, 9.17) is 0 Å². The van der Waals surface area contributed by atoms with E-state index in [1.54, 1.807) is 0 Å². The van der Waals surface area contributed by atoms with Crippen LogP contribution in [0.4, 0.5) is 0 Å². The molecule has 1 aromatic rings. The van der Waals surface area contributed by atoms with Crippen molar-refractivity contribution in [3.63, 3.8) is 0 Å². The van der Waals surface area contributed by atoms with Gasteiger partial charge >= 0.3 is 0 Å². The average Bonchev–Trinajstić information content (AvgIpc) is 2.16. The van der Waals surface area contributed by atoms with Crippen LogP contribution in [-0.4, -0.2) is 17.3 Å². The van der Waals surface area contributed by atoms with Crippen LogP contribution in [0, 0.1) is 5.92 Å². The Hall–Kier alpha value is -0.860. The Balaban J connectivity index is 2.30. The van der Waals surface area contributed by atoms with Gasteiger partial charge in [-0.1, -0.05) is 44.2 Å². The monoisotopic (exact) mass is 221 g/mol. The SMILES string of the molecule is CC(C)CC(C)(O)CNCc1ccccc1. The average molecular weight is 221 g/mol. The van der Waals surface area contributed by atoms with Crippen LogP contribution in [0.15, 0.2) is 30.3 Å². The van der Waals surface area contributed by atoms with E-state index >= 15 is 0 Å². The predicted octanol–water partition coefficient (Wildman–Crippen LogP) is 2.57. The van der Waals surface area contributed by atoms with E-state index in [9.17, 15) is 5.11 Å². The fraction of sp³-hybridized carbons (Fsp3) is 0.571. The molecule has 0 saturated carbocycles. The lowest BCUT2D eigenvalue weighted by molar-refractivity contribution is 0.0383. The first-order valence-corrected chi connectivity index (χ1v) is 5.97. The number of nitrogens with one attached hydrogen (secondary N) is 1. The molecule has 0 aliphatic rings. The summed E-state index contributed by atoms with van der Waals surface area (Å²) in [5.41, 5.74) is 0.644. The van der Waals surface area contributed by atoms with Gasteiger partial charge in [-0.15, -0.1) is 0 Å². The van der Waals surface area contributed by atoms with Gasteiger partial charge in [0.05, 0.1) is 5.60 Å². The Morgan fingerprint density at radius 2 is 1.88 bits per heavy atom. The maximum absolute atomic E-state index is 10.1. The van der Waals surface area contributed by atoms with E-state index in [0.717, 1.165) is 13.0 Å². The molecule has 0 aliphatic heterocycles. The molecule has 2 heteroatoms. The second-order valence-electron chi connectivity index (χ2n) is 5.18. The molecule has 90 valence electrons. The van der Waals surface area contributed by atoms with Crippen molar-refractivity contribution in [1.82, 2.24) is 5.32 Å². The molecule has 0 aliphatic carbocycles. The molecule has 0 radical (unpaired) electrons. The van der Waals surface area contributed by atoms with E-state index in [0.29, 0.717) is 12.5 Å². The van der Waals surface area contributed by atoms with Crippen molar-refractivity contribution in [2.75, 3.05) is 6.54 Å². The van der Waals surface area contributed by atoms with E-state index in [2.05, 4.69) is 31.3 Å². The predicted molar refractivity (Wildman–Crippen MR) is 68.2 cm³/mol. The van der Waals surface area contributed by atoms with Crippen LogP contribution < -0.4 is 5.32 Å². The fourth-order valence-electron chi connectivity index (χ4n) is 2.02. The normalized spacial score (nSPS) is 15.1. The zero-order valence-electron chi connectivity index (χ0n) is 10.5. The fourth-order valence-corrected chi connectivity index (χ4v) is 2.02. The van der Waals surface area contributed by atoms with Gasteiger partial charge in [0, 0.05) is 13.1 Å². The van der Waals surface area contributed by atoms with E-state index in [-0.39, 0.29) is 0 Å². The van der Waals surface area contributed by atoms with Crippen LogP contribution in [0.2, 0.25) is 0 Å². The first-order chi connectivity index (χ1) is 7.49. The minimum Gasteiger partial charge on any atom is -0.389 e. The first kappa shape index (κ1) is 13.2. The minimum atomic E-state index is -0.608. The molecule has 0 spiro atoms. The molecule has 0 fully saturated rings. The topological polar surface area (TPSA) is 32.3 Å². The highest BCUT2D eigenvalue weighted by molar-refractivity contribution is 5.14. The lowest BCUT2D eigenvalue weighted by atomic mass is 9.94. The summed E-state index contributed by atoms with van der Waals surface area (Å²) in [5, 5.41) is 13.4. The number of aliphatic hydroxyl groups is 1. The van der Waals surface area contributed by atoms with Gasteiger partial charge in [-0.3, -0.25) is 0 Å². The molecule has 16 heavy (non-hydrogen) atoms. The smallest absolute Gasteiger partial charge is 0.0746 e. The molecule has 0 heterocycles. The summed E-state index contributed by atoms with van der Waals surface area (Å²) in [6.07, 6.45) is 0.828. The lowest BCUT2D eigenvalue weighted by Crippen LogP contribution is -2.38. The van der Waals surface area contributed by atoms with E-state index in [1.165, 1.54) is 5.56 Å². The molecular weight excluding hydrogens is 198 g/mol.